The number of hydrogen-bond acceptors (Lipinski definition) is 4. The van der Waals surface area contributed by atoms with Crippen molar-refractivity contribution >= 4 is 17.5 Å². The fourth-order valence-corrected chi connectivity index (χ4v) is 5.52. The van der Waals surface area contributed by atoms with Crippen LogP contribution in [0, 0.1) is 5.82 Å². The molecule has 2 aliphatic rings. The van der Waals surface area contributed by atoms with Crippen LogP contribution in [0.1, 0.15) is 32.7 Å². The van der Waals surface area contributed by atoms with E-state index in [1.54, 1.807) is 17.0 Å². The second kappa shape index (κ2) is 11.6. The van der Waals surface area contributed by atoms with Gasteiger partial charge in [-0.25, -0.2) is 4.39 Å². The number of nitrogens with zero attached hydrogens (tertiary/aromatic N) is 4. The van der Waals surface area contributed by atoms with Gasteiger partial charge in [0.1, 0.15) is 5.82 Å². The van der Waals surface area contributed by atoms with E-state index in [1.165, 1.54) is 5.56 Å². The minimum atomic E-state index is -4.75. The molecule has 5 nitrogen and oxygen atoms in total. The summed E-state index contributed by atoms with van der Waals surface area (Å²) < 4.78 is 54.0. The molecule has 1 saturated heterocycles. The van der Waals surface area contributed by atoms with E-state index < -0.39 is 23.5 Å². The number of carbonyl (C=O) groups excluding carboxylic acids is 1. The Bertz CT molecular complexity index is 1320. The fraction of sp³-hybridized carbons (Fsp3) is 0.379. The summed E-state index contributed by atoms with van der Waals surface area (Å²) in [6.45, 7) is 4.90. The number of amides is 1. The SMILES string of the molecule is O=C(c1cc(F)cc(C(F)(F)F)c1)N1CCN(CCN2CCc3ncccc3C2)C[C@H]1Cc1ccc(Cl)cc1. The van der Waals surface area contributed by atoms with Gasteiger partial charge in [-0.2, -0.15) is 13.2 Å². The number of hydrogen-bond donors (Lipinski definition) is 0. The molecule has 1 fully saturated rings. The summed E-state index contributed by atoms with van der Waals surface area (Å²) >= 11 is 6.04. The van der Waals surface area contributed by atoms with Gasteiger partial charge in [-0.3, -0.25) is 19.6 Å². The Balaban J connectivity index is 1.30. The number of halogens is 5. The molecule has 5 rings (SSSR count). The highest BCUT2D eigenvalue weighted by Crippen LogP contribution is 2.31. The van der Waals surface area contributed by atoms with Crippen molar-refractivity contribution in [1.29, 1.82) is 0 Å². The molecule has 2 aromatic carbocycles. The maximum absolute atomic E-state index is 14.1. The lowest BCUT2D eigenvalue weighted by atomic mass is 10.00. The zero-order valence-electron chi connectivity index (χ0n) is 21.3. The molecule has 0 spiro atoms. The quantitative estimate of drug-likeness (QED) is 0.383. The monoisotopic (exact) mass is 560 g/mol. The third-order valence-corrected chi connectivity index (χ3v) is 7.71. The van der Waals surface area contributed by atoms with Gasteiger partial charge in [0, 0.05) is 80.8 Å². The molecule has 0 unspecified atom stereocenters. The van der Waals surface area contributed by atoms with Crippen molar-refractivity contribution in [3.05, 3.63) is 99.6 Å². The first-order valence-electron chi connectivity index (χ1n) is 13.0. The normalized spacial score (nSPS) is 18.7. The number of aromatic nitrogens is 1. The Labute approximate surface area is 230 Å². The number of carbonyl (C=O) groups is 1. The first-order chi connectivity index (χ1) is 18.7. The molecule has 0 aliphatic carbocycles. The van der Waals surface area contributed by atoms with E-state index in [0.717, 1.165) is 56.0 Å². The number of fused-ring (bicyclic) bond motifs is 1. The van der Waals surface area contributed by atoms with Crippen LogP contribution in [0.4, 0.5) is 17.6 Å². The van der Waals surface area contributed by atoms with Crippen LogP contribution in [0.2, 0.25) is 5.02 Å². The number of alkyl halides is 3. The van der Waals surface area contributed by atoms with E-state index in [9.17, 15) is 22.4 Å². The van der Waals surface area contributed by atoms with Crippen molar-refractivity contribution in [3.8, 4) is 0 Å². The lowest BCUT2D eigenvalue weighted by Gasteiger charge is -2.42. The second-order valence-electron chi connectivity index (χ2n) is 10.1. The average Bonchev–Trinajstić information content (AvgIpc) is 2.92. The maximum atomic E-state index is 14.1. The van der Waals surface area contributed by atoms with E-state index in [2.05, 4.69) is 20.9 Å². The van der Waals surface area contributed by atoms with Crippen molar-refractivity contribution in [3.63, 3.8) is 0 Å². The molecule has 3 aromatic rings. The standard InChI is InChI=1S/C29H29ClF4N4O/c30-24-5-3-20(4-6-24)14-26-19-37(11-10-36-9-7-27-21(18-36)2-1-8-35-27)12-13-38(26)28(39)22-15-23(29(32,33)34)17-25(31)16-22/h1-6,8,15-17,26H,7,9-14,18-19H2/t26-/m1/s1. The van der Waals surface area contributed by atoms with Crippen LogP contribution in [0.25, 0.3) is 0 Å². The largest absolute Gasteiger partial charge is 0.416 e. The fourth-order valence-electron chi connectivity index (χ4n) is 5.40. The Morgan fingerprint density at radius 2 is 1.77 bits per heavy atom. The van der Waals surface area contributed by atoms with E-state index in [-0.39, 0.29) is 11.6 Å². The summed E-state index contributed by atoms with van der Waals surface area (Å²) in [5.41, 5.74) is 1.89. The minimum absolute atomic E-state index is 0.294. The zero-order chi connectivity index (χ0) is 27.6. The third kappa shape index (κ3) is 6.77. The van der Waals surface area contributed by atoms with Crippen LogP contribution in [0.15, 0.2) is 60.8 Å². The molecule has 10 heteroatoms. The summed E-state index contributed by atoms with van der Waals surface area (Å²) in [5.74, 6) is -1.68. The van der Waals surface area contributed by atoms with Crippen molar-refractivity contribution in [2.45, 2.75) is 31.6 Å². The Kier molecular flexibility index (Phi) is 8.21. The Hall–Kier alpha value is -3.01. The molecule has 206 valence electrons. The highest BCUT2D eigenvalue weighted by Gasteiger charge is 2.35. The zero-order valence-corrected chi connectivity index (χ0v) is 22.1. The minimum Gasteiger partial charge on any atom is -0.333 e. The lowest BCUT2D eigenvalue weighted by molar-refractivity contribution is -0.137. The molecule has 3 heterocycles. The van der Waals surface area contributed by atoms with Gasteiger partial charge >= 0.3 is 6.18 Å². The van der Waals surface area contributed by atoms with Gasteiger partial charge in [-0.1, -0.05) is 29.8 Å². The number of piperazine rings is 1. The molecule has 0 N–H and O–H groups in total. The molecule has 39 heavy (non-hydrogen) atoms. The van der Waals surface area contributed by atoms with Crippen LogP contribution in [-0.4, -0.2) is 70.9 Å². The first-order valence-corrected chi connectivity index (χ1v) is 13.3. The van der Waals surface area contributed by atoms with Crippen LogP contribution < -0.4 is 0 Å². The van der Waals surface area contributed by atoms with Gasteiger partial charge in [0.25, 0.3) is 5.91 Å². The highest BCUT2D eigenvalue weighted by molar-refractivity contribution is 6.30. The summed E-state index contributed by atoms with van der Waals surface area (Å²) in [6, 6.07) is 13.1. The molecule has 1 amide bonds. The molecule has 2 aliphatic heterocycles. The predicted octanol–water partition coefficient (Wildman–Crippen LogP) is 5.32. The van der Waals surface area contributed by atoms with E-state index in [0.29, 0.717) is 37.1 Å². The predicted molar refractivity (Wildman–Crippen MR) is 141 cm³/mol. The van der Waals surface area contributed by atoms with Crippen molar-refractivity contribution < 1.29 is 22.4 Å². The van der Waals surface area contributed by atoms with Crippen LogP contribution in [-0.2, 0) is 25.6 Å². The molecule has 0 saturated carbocycles. The van der Waals surface area contributed by atoms with Gasteiger partial charge in [-0.15, -0.1) is 0 Å². The lowest BCUT2D eigenvalue weighted by Crippen LogP contribution is -2.57. The highest BCUT2D eigenvalue weighted by atomic mass is 35.5. The number of rotatable bonds is 6. The smallest absolute Gasteiger partial charge is 0.333 e. The molecule has 1 aromatic heterocycles. The van der Waals surface area contributed by atoms with Gasteiger partial charge in [0.2, 0.25) is 0 Å². The van der Waals surface area contributed by atoms with E-state index >= 15 is 0 Å². The summed E-state index contributed by atoms with van der Waals surface area (Å²) in [7, 11) is 0. The van der Waals surface area contributed by atoms with Gasteiger partial charge in [0.15, 0.2) is 0 Å². The van der Waals surface area contributed by atoms with Crippen LogP contribution >= 0.6 is 11.6 Å². The van der Waals surface area contributed by atoms with Crippen molar-refractivity contribution in [1.82, 2.24) is 19.7 Å². The summed E-state index contributed by atoms with van der Waals surface area (Å²) in [4.78, 5) is 24.2. The summed E-state index contributed by atoms with van der Waals surface area (Å²) in [5, 5.41) is 0.592. The van der Waals surface area contributed by atoms with Crippen LogP contribution in [0.3, 0.4) is 0 Å². The molecular weight excluding hydrogens is 532 g/mol. The maximum Gasteiger partial charge on any atom is 0.416 e. The molecular formula is C29H29ClF4N4O. The van der Waals surface area contributed by atoms with Gasteiger partial charge in [-0.05, 0) is 53.9 Å². The second-order valence-corrected chi connectivity index (χ2v) is 10.6. The van der Waals surface area contributed by atoms with Gasteiger partial charge < -0.3 is 4.90 Å². The van der Waals surface area contributed by atoms with E-state index in [1.807, 2.05) is 24.4 Å². The topological polar surface area (TPSA) is 39.7 Å². The molecule has 0 bridgehead atoms. The first kappa shape index (κ1) is 27.6. The third-order valence-electron chi connectivity index (χ3n) is 7.46. The average molecular weight is 561 g/mol. The number of benzene rings is 2. The van der Waals surface area contributed by atoms with Crippen LogP contribution in [0.5, 0.6) is 0 Å². The molecule has 0 radical (unpaired) electrons. The van der Waals surface area contributed by atoms with Crippen molar-refractivity contribution in [2.24, 2.45) is 0 Å². The van der Waals surface area contributed by atoms with Gasteiger partial charge in [0.05, 0.1) is 5.56 Å². The molecule has 1 atom stereocenters. The Morgan fingerprint density at radius 3 is 2.54 bits per heavy atom. The van der Waals surface area contributed by atoms with E-state index in [4.69, 9.17) is 11.6 Å². The number of pyridine rings is 1. The van der Waals surface area contributed by atoms with Crippen molar-refractivity contribution in [2.75, 3.05) is 39.3 Å². The Morgan fingerprint density at radius 1 is 1.00 bits per heavy atom. The summed E-state index contributed by atoms with van der Waals surface area (Å²) in [6.07, 6.45) is -1.51.